The number of anilines is 1. The van der Waals surface area contributed by atoms with Gasteiger partial charge in [0.2, 0.25) is 29.5 Å². The normalized spacial score (nSPS) is 23.1. The summed E-state index contributed by atoms with van der Waals surface area (Å²) in [6.45, 7) is 7.61. The van der Waals surface area contributed by atoms with Gasteiger partial charge in [-0.05, 0) is 65.7 Å². The van der Waals surface area contributed by atoms with E-state index in [9.17, 15) is 74.4 Å². The summed E-state index contributed by atoms with van der Waals surface area (Å²) < 4.78 is 28.8. The number of hydrogen-bond donors (Lipinski definition) is 22. The summed E-state index contributed by atoms with van der Waals surface area (Å²) in [7, 11) is 0. The quantitative estimate of drug-likeness (QED) is 0.0162. The second kappa shape index (κ2) is 40.4. The lowest BCUT2D eigenvalue weighted by Crippen LogP contribution is -2.65. The number of ether oxygens (including phenoxy) is 5. The summed E-state index contributed by atoms with van der Waals surface area (Å²) in [5, 5.41) is 115. The zero-order chi connectivity index (χ0) is 77.6. The molecule has 5 aromatic rings. The van der Waals surface area contributed by atoms with Crippen molar-refractivity contribution in [1.29, 1.82) is 0 Å². The van der Waals surface area contributed by atoms with E-state index < -0.39 is 183 Å². The highest BCUT2D eigenvalue weighted by atomic mass is 32.1. The number of imidazole rings is 1. The number of benzene rings is 1. The molecule has 2 fully saturated rings. The van der Waals surface area contributed by atoms with Crippen LogP contribution in [-0.4, -0.2) is 268 Å². The summed E-state index contributed by atoms with van der Waals surface area (Å²) in [4.78, 5) is 131. The number of aromatic amines is 1. The van der Waals surface area contributed by atoms with E-state index in [-0.39, 0.29) is 60.1 Å². The average molecular weight is 1530 g/mol. The van der Waals surface area contributed by atoms with Gasteiger partial charge in [0.25, 0.3) is 11.8 Å². The first-order valence-corrected chi connectivity index (χ1v) is 35.6. The zero-order valence-electron chi connectivity index (χ0n) is 58.6. The monoisotopic (exact) mass is 1530 g/mol. The summed E-state index contributed by atoms with van der Waals surface area (Å²) in [6.07, 6.45) is -23.5. The Hall–Kier alpha value is -8.51. The summed E-state index contributed by atoms with van der Waals surface area (Å²) in [5.74, 6) is -8.74. The van der Waals surface area contributed by atoms with Gasteiger partial charge in [0.1, 0.15) is 94.6 Å². The van der Waals surface area contributed by atoms with Crippen LogP contribution in [-0.2, 0) is 54.1 Å². The number of rotatable bonds is 41. The summed E-state index contributed by atoms with van der Waals surface area (Å²) >= 11 is 2.51. The lowest BCUT2D eigenvalue weighted by molar-refractivity contribution is -0.372. The van der Waals surface area contributed by atoms with E-state index in [2.05, 4.69) is 91.5 Å². The van der Waals surface area contributed by atoms with Crippen molar-refractivity contribution >= 4 is 75.9 Å². The number of nitrogen functional groups attached to an aromatic ring is 1. The number of amides is 8. The van der Waals surface area contributed by atoms with Crippen LogP contribution in [0.4, 0.5) is 10.6 Å². The Balaban J connectivity index is 1.04. The van der Waals surface area contributed by atoms with Gasteiger partial charge in [-0.25, -0.2) is 29.7 Å². The third kappa shape index (κ3) is 23.3. The number of aliphatic hydroxyl groups is 8. The van der Waals surface area contributed by atoms with Crippen LogP contribution < -0.4 is 71.2 Å². The van der Waals surface area contributed by atoms with Gasteiger partial charge in [0, 0.05) is 54.8 Å². The molecule has 0 bridgehead atoms. The number of thiazole rings is 2. The molecule has 0 saturated carbocycles. The number of nitrogens with two attached hydrogens (primary N) is 5. The molecule has 2 saturated heterocycles. The van der Waals surface area contributed by atoms with Crippen molar-refractivity contribution in [3.8, 4) is 10.7 Å². The number of H-pyrrole nitrogens is 1. The molecule has 6 heterocycles. The second-order valence-corrected chi connectivity index (χ2v) is 27.1. The van der Waals surface area contributed by atoms with Crippen molar-refractivity contribution in [2.45, 2.75) is 176 Å². The maximum atomic E-state index is 15.2. The number of carbonyl (C=O) groups excluding carboxylic acids is 8. The molecule has 42 heteroatoms. The third-order valence-corrected chi connectivity index (χ3v) is 19.1. The van der Waals surface area contributed by atoms with E-state index in [4.69, 9.17) is 52.4 Å². The fourth-order valence-corrected chi connectivity index (χ4v) is 12.8. The SMILES string of the molecule is Cc1c(N)nc([C@H](CC(N)=O)NC[C@H](N)C(N)=O)nc1C(=O)N[C@H](C(=O)N[C@H](C)[C@@H](O)[C@H](C)C(=O)N[C@H](C(=O)NCCc1nc(-c2nc(C(=O)NCCCNCCCNC(C)c3ccccc3)cs2)cs1)[C@@H](C)O)[C@@H](O[C@@H]1O[C@@H](CO)[C@@H](O)[C@H](O)[C@@H]1O[C@H]1O[C@H](CO)[C@@H](O)[C@H](OC(N)=O)[C@@H]1O)c1cnc[nH]1. The highest BCUT2D eigenvalue weighted by Crippen LogP contribution is 2.35. The molecule has 40 nitrogen and oxygen atoms in total. The molecule has 1 aromatic carbocycles. The van der Waals surface area contributed by atoms with Crippen LogP contribution >= 0.6 is 22.7 Å². The molecule has 106 heavy (non-hydrogen) atoms. The Morgan fingerprint density at radius 1 is 0.717 bits per heavy atom. The van der Waals surface area contributed by atoms with E-state index in [0.717, 1.165) is 38.6 Å². The fraction of sp³-hybridized carbons (Fsp3) is 0.578. The molecule has 7 rings (SSSR count). The number of aliphatic hydroxyl groups excluding tert-OH is 8. The molecule has 27 N–H and O–H groups in total. The van der Waals surface area contributed by atoms with Crippen molar-refractivity contribution in [3.05, 3.63) is 92.7 Å². The highest BCUT2D eigenvalue weighted by Gasteiger charge is 2.54. The Labute approximate surface area is 615 Å². The van der Waals surface area contributed by atoms with E-state index in [0.29, 0.717) is 28.7 Å². The number of carbonyl (C=O) groups is 8. The van der Waals surface area contributed by atoms with Crippen LogP contribution in [0.3, 0.4) is 0 Å². The molecule has 4 aromatic heterocycles. The van der Waals surface area contributed by atoms with Gasteiger partial charge >= 0.3 is 6.09 Å². The Morgan fingerprint density at radius 3 is 2.06 bits per heavy atom. The number of primary amides is 3. The molecule has 0 radical (unpaired) electrons. The minimum Gasteiger partial charge on any atom is -0.441 e. The number of nitrogens with one attached hydrogen (secondary N) is 9. The maximum absolute atomic E-state index is 15.2. The Morgan fingerprint density at radius 2 is 1.41 bits per heavy atom. The lowest BCUT2D eigenvalue weighted by atomic mass is 9.96. The molecule has 0 aliphatic carbocycles. The average Bonchev–Trinajstić information content (AvgIpc) is 0.990. The molecule has 2 aliphatic rings. The Bertz CT molecular complexity index is 3700. The van der Waals surface area contributed by atoms with E-state index in [1.54, 1.807) is 10.8 Å². The molecular weight excluding hydrogens is 1430 g/mol. The first kappa shape index (κ1) is 84.7. The van der Waals surface area contributed by atoms with E-state index >= 15 is 4.79 Å². The lowest BCUT2D eigenvalue weighted by Gasteiger charge is -2.47. The van der Waals surface area contributed by atoms with Gasteiger partial charge in [0.05, 0.1) is 72.7 Å². The molecule has 2 aliphatic heterocycles. The summed E-state index contributed by atoms with van der Waals surface area (Å²) in [5.41, 5.74) is 29.3. The first-order valence-electron chi connectivity index (χ1n) is 33.9. The molecule has 584 valence electrons. The number of aromatic nitrogens is 6. The van der Waals surface area contributed by atoms with Crippen molar-refractivity contribution in [3.63, 3.8) is 0 Å². The molecule has 0 spiro atoms. The van der Waals surface area contributed by atoms with Gasteiger partial charge in [-0.2, -0.15) is 0 Å². The van der Waals surface area contributed by atoms with E-state index in [1.807, 2.05) is 18.2 Å². The Kier molecular flexibility index (Phi) is 32.3. The predicted octanol–water partition coefficient (Wildman–Crippen LogP) is -6.25. The first-order chi connectivity index (χ1) is 50.4. The molecule has 8 amide bonds. The zero-order valence-corrected chi connectivity index (χ0v) is 60.2. The topological polar surface area (TPSA) is 651 Å². The summed E-state index contributed by atoms with van der Waals surface area (Å²) in [6, 6.07) is 2.59. The number of hydrogen-bond acceptors (Lipinski definition) is 33. The van der Waals surface area contributed by atoms with Crippen LogP contribution in [0.1, 0.15) is 114 Å². The van der Waals surface area contributed by atoms with Crippen molar-refractivity contribution in [2.75, 3.05) is 58.2 Å². The third-order valence-electron chi connectivity index (χ3n) is 17.4. The van der Waals surface area contributed by atoms with Crippen molar-refractivity contribution < 1.29 is 103 Å². The molecule has 20 atom stereocenters. The van der Waals surface area contributed by atoms with Crippen molar-refractivity contribution in [1.82, 2.24) is 72.4 Å². The smallest absolute Gasteiger partial charge is 0.404 e. The van der Waals surface area contributed by atoms with Crippen LogP contribution in [0, 0.1) is 12.8 Å². The van der Waals surface area contributed by atoms with Crippen molar-refractivity contribution in [2.24, 2.45) is 28.9 Å². The van der Waals surface area contributed by atoms with E-state index in [1.165, 1.54) is 55.9 Å². The highest BCUT2D eigenvalue weighted by molar-refractivity contribution is 7.14. The van der Waals surface area contributed by atoms with Crippen LogP contribution in [0.5, 0.6) is 0 Å². The predicted molar refractivity (Wildman–Crippen MR) is 375 cm³/mol. The van der Waals surface area contributed by atoms with Gasteiger partial charge in [0.15, 0.2) is 18.7 Å². The standard InChI is InChI=1S/C64H95N19O21S2/c1-27-42(80-55(83-53(27)67)34(19-40(66)87)75-20-33(65)54(68)93)59(97)82-44(50(35-21-71-26-76-35)102-63-52(48(91)46(89)38(22-84)101-63)103-62-49(92)51(104-64(69)99)47(90)39(23-85)100-62)60(98)77-30(4)45(88)28(2)56(94)81-43(31(5)86)58(96)74-18-13-41-78-37(25-105-41)61-79-36(24-106-61)57(95)73-17-10-15-70-14-9-16-72-29(3)32-11-7-6-8-12-32/h6-8,11-12,21,24-26,28-31,33-34,38-39,43-52,62-63,70,72,75,84-86,88-92H,9-10,13-20,22-23,65H2,1-5H3,(H2,66,87)(H2,68,93)(H2,69,99)(H,71,76)(H,73,95)(H,74,96)(H,77,98)(H,81,94)(H,82,97)(H2,67,80,83)/t28-,29?,30+,31+,33-,34-,38-,39+,43-,44-,45-,46+,47+,48-,49-,50-,51-,52-,62+,63-/m0/s1. The minimum atomic E-state index is -2.20. The fourth-order valence-electron chi connectivity index (χ4n) is 11.2. The van der Waals surface area contributed by atoms with Gasteiger partial charge in [-0.1, -0.05) is 37.3 Å². The van der Waals surface area contributed by atoms with Gasteiger partial charge in [-0.3, -0.25) is 33.6 Å². The number of nitrogens with zero attached hydrogens (tertiary/aromatic N) is 5. The van der Waals surface area contributed by atoms with Crippen LogP contribution in [0.2, 0.25) is 0 Å². The maximum Gasteiger partial charge on any atom is 0.404 e. The van der Waals surface area contributed by atoms with Crippen LogP contribution in [0.15, 0.2) is 53.6 Å². The second-order valence-electron chi connectivity index (χ2n) is 25.3. The largest absolute Gasteiger partial charge is 0.441 e. The van der Waals surface area contributed by atoms with Crippen LogP contribution in [0.25, 0.3) is 10.7 Å². The van der Waals surface area contributed by atoms with Gasteiger partial charge in [-0.15, -0.1) is 22.7 Å². The molecular formula is C64H95N19O21S2. The minimum absolute atomic E-state index is 0.0166. The molecule has 1 unspecified atom stereocenters. The van der Waals surface area contributed by atoms with Gasteiger partial charge < -0.3 is 141 Å².